The fraction of sp³-hybridized carbons (Fsp3) is 0. The highest BCUT2D eigenvalue weighted by Gasteiger charge is 2.22. The van der Waals surface area contributed by atoms with Crippen molar-refractivity contribution < 1.29 is 5.11 Å². The van der Waals surface area contributed by atoms with E-state index in [2.05, 4.69) is 40.2 Å². The summed E-state index contributed by atoms with van der Waals surface area (Å²) in [6.45, 7) is 8.04. The molecule has 42 heavy (non-hydrogen) atoms. The molecule has 0 bridgehead atoms. The summed E-state index contributed by atoms with van der Waals surface area (Å²) < 4.78 is 1.98. The van der Waals surface area contributed by atoms with Crippen LogP contribution in [0.5, 0.6) is 5.75 Å². The molecule has 2 heterocycles. The Labute approximate surface area is 243 Å². The second-order valence-corrected chi connectivity index (χ2v) is 9.94. The molecule has 0 aliphatic heterocycles. The van der Waals surface area contributed by atoms with Gasteiger partial charge in [0, 0.05) is 23.0 Å². The topological polar surface area (TPSA) is 55.3 Å². The molecule has 2 aromatic heterocycles. The molecule has 0 aliphatic carbocycles. The van der Waals surface area contributed by atoms with Gasteiger partial charge in [0.15, 0.2) is 0 Å². The number of aromatic nitrogens is 3. The van der Waals surface area contributed by atoms with Gasteiger partial charge >= 0.3 is 0 Å². The molecule has 1 N–H and O–H groups in total. The lowest BCUT2D eigenvalue weighted by Crippen LogP contribution is -1.98. The number of fused-ring (bicyclic) bond motifs is 1. The van der Waals surface area contributed by atoms with Crippen LogP contribution in [0, 0.1) is 6.57 Å². The summed E-state index contributed by atoms with van der Waals surface area (Å²) in [7, 11) is 0. The molecule has 0 spiro atoms. The van der Waals surface area contributed by atoms with E-state index in [0.717, 1.165) is 39.2 Å². The third-order valence-corrected chi connectivity index (χ3v) is 7.42. The summed E-state index contributed by atoms with van der Waals surface area (Å²) in [6.07, 6.45) is 1.79. The Kier molecular flexibility index (Phi) is 6.27. The Bertz CT molecular complexity index is 2090. The lowest BCUT2D eigenvalue weighted by molar-refractivity contribution is 0.477. The summed E-state index contributed by atoms with van der Waals surface area (Å²) in [6, 6.07) is 43.5. The van der Waals surface area contributed by atoms with Crippen LogP contribution in [0.4, 0.5) is 5.69 Å². The van der Waals surface area contributed by atoms with Gasteiger partial charge in [-0.2, -0.15) is 0 Å². The Balaban J connectivity index is 1.48. The number of pyridine rings is 1. The number of benzene rings is 5. The summed E-state index contributed by atoms with van der Waals surface area (Å²) in [5.41, 5.74) is 9.24. The molecule has 0 amide bonds. The van der Waals surface area contributed by atoms with Crippen molar-refractivity contribution in [1.82, 2.24) is 14.5 Å². The minimum atomic E-state index is 0.123. The summed E-state index contributed by atoms with van der Waals surface area (Å²) >= 11 is 0. The number of phenolic OH excluding ortho intramolecular Hbond substituents is 1. The molecule has 0 unspecified atom stereocenters. The van der Waals surface area contributed by atoms with Crippen LogP contribution in [0.3, 0.4) is 0 Å². The quantitative estimate of drug-likeness (QED) is 0.221. The molecule has 0 radical (unpaired) electrons. The molecular formula is C37H24N4O. The number of imidazole rings is 1. The van der Waals surface area contributed by atoms with Crippen molar-refractivity contribution in [2.75, 3.05) is 0 Å². The van der Waals surface area contributed by atoms with Crippen molar-refractivity contribution in [1.29, 1.82) is 0 Å². The van der Waals surface area contributed by atoms with E-state index < -0.39 is 0 Å². The van der Waals surface area contributed by atoms with Crippen molar-refractivity contribution >= 4 is 16.7 Å². The largest absolute Gasteiger partial charge is 0.507 e. The standard InChI is InChI=1S/C37H24N4O/c1-38-33-22-21-30(27-12-9-13-28(24-27)32-15-7-8-23-39-32)35-36(33)41(37(40-35)31-14-5-6-16-34(31)42)29-19-17-26(18-20-29)25-10-3-2-4-11-25/h2-24,42H. The number of hydrogen-bond donors (Lipinski definition) is 1. The number of phenols is 1. The van der Waals surface area contributed by atoms with Gasteiger partial charge in [-0.1, -0.05) is 91.0 Å². The first-order chi connectivity index (χ1) is 20.7. The molecule has 5 nitrogen and oxygen atoms in total. The first kappa shape index (κ1) is 25.0. The number of hydrogen-bond acceptors (Lipinski definition) is 3. The van der Waals surface area contributed by atoms with Crippen molar-refractivity contribution in [2.24, 2.45) is 0 Å². The molecule has 0 saturated carbocycles. The average molecular weight is 541 g/mol. The predicted molar refractivity (Wildman–Crippen MR) is 169 cm³/mol. The van der Waals surface area contributed by atoms with Crippen LogP contribution in [-0.4, -0.2) is 19.6 Å². The Hall–Kier alpha value is -5.99. The Morgan fingerprint density at radius 2 is 1.33 bits per heavy atom. The Morgan fingerprint density at radius 3 is 2.10 bits per heavy atom. The number of nitrogens with zero attached hydrogens (tertiary/aromatic N) is 4. The van der Waals surface area contributed by atoms with Gasteiger partial charge in [0.1, 0.15) is 11.6 Å². The molecule has 5 aromatic carbocycles. The molecule has 0 saturated heterocycles. The van der Waals surface area contributed by atoms with Gasteiger partial charge in [0.2, 0.25) is 5.69 Å². The second-order valence-electron chi connectivity index (χ2n) is 9.94. The van der Waals surface area contributed by atoms with Crippen LogP contribution in [0.15, 0.2) is 140 Å². The molecule has 0 aliphatic rings. The molecule has 7 aromatic rings. The summed E-state index contributed by atoms with van der Waals surface area (Å²) in [5, 5.41) is 10.9. The zero-order valence-corrected chi connectivity index (χ0v) is 22.5. The van der Waals surface area contributed by atoms with E-state index in [9.17, 15) is 5.11 Å². The lowest BCUT2D eigenvalue weighted by Gasteiger charge is -2.13. The number of para-hydroxylation sites is 1. The van der Waals surface area contributed by atoms with Crippen molar-refractivity contribution in [3.05, 3.63) is 151 Å². The average Bonchev–Trinajstić information content (AvgIpc) is 3.46. The van der Waals surface area contributed by atoms with E-state index >= 15 is 0 Å². The monoisotopic (exact) mass is 540 g/mol. The minimum absolute atomic E-state index is 0.123. The second kappa shape index (κ2) is 10.5. The fourth-order valence-electron chi connectivity index (χ4n) is 5.40. The molecule has 7 rings (SSSR count). The highest BCUT2D eigenvalue weighted by Crippen LogP contribution is 2.41. The number of aromatic hydroxyl groups is 1. The Morgan fingerprint density at radius 1 is 0.619 bits per heavy atom. The van der Waals surface area contributed by atoms with Crippen LogP contribution < -0.4 is 0 Å². The van der Waals surface area contributed by atoms with Crippen LogP contribution >= 0.6 is 0 Å². The van der Waals surface area contributed by atoms with Gasteiger partial charge in [-0.05, 0) is 59.2 Å². The first-order valence-corrected chi connectivity index (χ1v) is 13.6. The van der Waals surface area contributed by atoms with E-state index in [0.29, 0.717) is 28.1 Å². The van der Waals surface area contributed by atoms with E-state index in [1.165, 1.54) is 0 Å². The zero-order chi connectivity index (χ0) is 28.5. The SMILES string of the molecule is [C-]#[N+]c1ccc(-c2cccc(-c3ccccn3)c2)c2nc(-c3ccccc3O)n(-c3ccc(-c4ccccc4)cc3)c12. The third kappa shape index (κ3) is 4.38. The number of rotatable bonds is 5. The van der Waals surface area contributed by atoms with E-state index in [1.54, 1.807) is 18.3 Å². The normalized spacial score (nSPS) is 10.9. The van der Waals surface area contributed by atoms with Gasteiger partial charge in [-0.3, -0.25) is 4.98 Å². The van der Waals surface area contributed by atoms with Gasteiger partial charge in [-0.25, -0.2) is 9.83 Å². The third-order valence-electron chi connectivity index (χ3n) is 7.42. The predicted octanol–water partition coefficient (Wildman–Crippen LogP) is 9.34. The van der Waals surface area contributed by atoms with Crippen LogP contribution in [0.2, 0.25) is 0 Å². The van der Waals surface area contributed by atoms with Crippen molar-refractivity contribution in [2.45, 2.75) is 0 Å². The molecule has 5 heteroatoms. The van der Waals surface area contributed by atoms with E-state index in [4.69, 9.17) is 11.6 Å². The molecule has 198 valence electrons. The smallest absolute Gasteiger partial charge is 0.212 e. The van der Waals surface area contributed by atoms with Gasteiger partial charge in [0.05, 0.1) is 28.9 Å². The van der Waals surface area contributed by atoms with Gasteiger partial charge in [0.25, 0.3) is 0 Å². The van der Waals surface area contributed by atoms with Crippen molar-refractivity contribution in [3.63, 3.8) is 0 Å². The summed E-state index contributed by atoms with van der Waals surface area (Å²) in [4.78, 5) is 13.6. The molecule has 0 fully saturated rings. The maximum absolute atomic E-state index is 10.9. The lowest BCUT2D eigenvalue weighted by atomic mass is 9.99. The van der Waals surface area contributed by atoms with Crippen LogP contribution in [-0.2, 0) is 0 Å². The zero-order valence-electron chi connectivity index (χ0n) is 22.5. The maximum atomic E-state index is 10.9. The highest BCUT2D eigenvalue weighted by molar-refractivity contribution is 6.03. The van der Waals surface area contributed by atoms with Crippen LogP contribution in [0.1, 0.15) is 0 Å². The minimum Gasteiger partial charge on any atom is -0.507 e. The molecular weight excluding hydrogens is 516 g/mol. The van der Waals surface area contributed by atoms with E-state index in [1.807, 2.05) is 95.6 Å². The maximum Gasteiger partial charge on any atom is 0.212 e. The van der Waals surface area contributed by atoms with E-state index in [-0.39, 0.29) is 5.75 Å². The van der Waals surface area contributed by atoms with Crippen LogP contribution in [0.25, 0.3) is 66.5 Å². The van der Waals surface area contributed by atoms with Crippen molar-refractivity contribution in [3.8, 4) is 56.3 Å². The highest BCUT2D eigenvalue weighted by atomic mass is 16.3. The van der Waals surface area contributed by atoms with Gasteiger partial charge in [-0.15, -0.1) is 0 Å². The first-order valence-electron chi connectivity index (χ1n) is 13.6. The summed E-state index contributed by atoms with van der Waals surface area (Å²) in [5.74, 6) is 0.687. The molecule has 0 atom stereocenters. The van der Waals surface area contributed by atoms with Gasteiger partial charge < -0.3 is 9.67 Å². The fourth-order valence-corrected chi connectivity index (χ4v) is 5.40.